The van der Waals surface area contributed by atoms with Crippen LogP contribution in [0.5, 0.6) is 5.75 Å². The van der Waals surface area contributed by atoms with Crippen LogP contribution in [0.2, 0.25) is 0 Å². The molecule has 1 aliphatic carbocycles. The van der Waals surface area contributed by atoms with Crippen molar-refractivity contribution in [3.05, 3.63) is 59.7 Å². The lowest BCUT2D eigenvalue weighted by atomic mass is 9.76. The summed E-state index contributed by atoms with van der Waals surface area (Å²) < 4.78 is 0. The van der Waals surface area contributed by atoms with E-state index in [0.717, 1.165) is 49.7 Å². The molecule has 0 radical (unpaired) electrons. The number of phenols is 1. The van der Waals surface area contributed by atoms with Crippen molar-refractivity contribution in [1.29, 1.82) is 0 Å². The minimum atomic E-state index is -1.25. The molecule has 7 heteroatoms. The van der Waals surface area contributed by atoms with E-state index in [2.05, 4.69) is 10.6 Å². The van der Waals surface area contributed by atoms with E-state index in [9.17, 15) is 19.5 Å². The highest BCUT2D eigenvalue weighted by atomic mass is 16.3. The zero-order valence-electron chi connectivity index (χ0n) is 19.0. The Bertz CT molecular complexity index is 1150. The number of fused-ring (bicyclic) bond motifs is 4. The maximum atomic E-state index is 14.0. The average molecular weight is 460 g/mol. The predicted molar refractivity (Wildman–Crippen MR) is 126 cm³/mol. The topological polar surface area (TPSA) is 98.7 Å². The van der Waals surface area contributed by atoms with Gasteiger partial charge in [-0.05, 0) is 43.0 Å². The molecule has 7 nitrogen and oxygen atoms in total. The van der Waals surface area contributed by atoms with Gasteiger partial charge in [0, 0.05) is 23.3 Å². The second-order valence-corrected chi connectivity index (χ2v) is 10.1. The van der Waals surface area contributed by atoms with Crippen molar-refractivity contribution < 1.29 is 19.5 Å². The molecular weight excluding hydrogens is 430 g/mol. The standard InChI is InChI=1S/C27H29N3O4/c31-18-13-11-16(12-14-18)15-21-22-23(25(33)30(24(22)32)17-7-3-1-2-4-8-17)27(29-21)19-9-5-6-10-20(19)28-26(27)34/h5-6,9-14,17,21-23,29,31H,1-4,7-8,15H2,(H,28,34)/t21-,22+,23+,27-/m0/s1. The van der Waals surface area contributed by atoms with Crippen molar-refractivity contribution in [2.24, 2.45) is 11.8 Å². The highest BCUT2D eigenvalue weighted by molar-refractivity contribution is 6.15. The number of phenolic OH excluding ortho intramolecular Hbond substituents is 1. The van der Waals surface area contributed by atoms with Gasteiger partial charge >= 0.3 is 0 Å². The fraction of sp³-hybridized carbons (Fsp3) is 0.444. The number of rotatable bonds is 3. The third-order valence-corrected chi connectivity index (χ3v) is 8.24. The van der Waals surface area contributed by atoms with Crippen LogP contribution < -0.4 is 10.6 Å². The number of benzene rings is 2. The Morgan fingerprint density at radius 1 is 0.912 bits per heavy atom. The molecule has 4 aliphatic rings. The summed E-state index contributed by atoms with van der Waals surface area (Å²) in [5.41, 5.74) is 1.12. The SMILES string of the molecule is O=C1[C@@H]2[C@H](Cc3ccc(O)cc3)N[C@]3(C(=O)Nc4ccccc43)[C@H]2C(=O)N1C1CCCCCC1. The summed E-state index contributed by atoms with van der Waals surface area (Å²) in [4.78, 5) is 43.0. The van der Waals surface area contributed by atoms with Crippen LogP contribution in [0, 0.1) is 11.8 Å². The number of anilines is 1. The number of hydrogen-bond donors (Lipinski definition) is 3. The zero-order valence-corrected chi connectivity index (χ0v) is 19.0. The van der Waals surface area contributed by atoms with Crippen molar-refractivity contribution in [2.45, 2.75) is 62.6 Å². The van der Waals surface area contributed by atoms with E-state index in [1.54, 1.807) is 12.1 Å². The van der Waals surface area contributed by atoms with Gasteiger partial charge in [0.2, 0.25) is 17.7 Å². The first kappa shape index (κ1) is 21.4. The second kappa shape index (κ2) is 7.94. The summed E-state index contributed by atoms with van der Waals surface area (Å²) in [6, 6.07) is 13.9. The van der Waals surface area contributed by atoms with E-state index in [0.29, 0.717) is 12.1 Å². The van der Waals surface area contributed by atoms with Gasteiger partial charge in [-0.15, -0.1) is 0 Å². The third-order valence-electron chi connectivity index (χ3n) is 8.24. The molecule has 3 fully saturated rings. The van der Waals surface area contributed by atoms with E-state index in [1.165, 1.54) is 4.90 Å². The molecule has 2 saturated heterocycles. The van der Waals surface area contributed by atoms with Crippen LogP contribution in [0.25, 0.3) is 0 Å². The Kier molecular flexibility index (Phi) is 4.99. The predicted octanol–water partition coefficient (Wildman–Crippen LogP) is 3.08. The Hall–Kier alpha value is -3.19. The number of likely N-dealkylation sites (tertiary alicyclic amines) is 1. The highest BCUT2D eigenvalue weighted by Crippen LogP contribution is 2.54. The fourth-order valence-corrected chi connectivity index (χ4v) is 6.72. The molecule has 2 aromatic rings. The Labute approximate surface area is 198 Å². The van der Waals surface area contributed by atoms with Gasteiger partial charge in [0.15, 0.2) is 0 Å². The van der Waals surface area contributed by atoms with Crippen LogP contribution in [-0.4, -0.2) is 39.8 Å². The maximum absolute atomic E-state index is 14.0. The molecule has 176 valence electrons. The van der Waals surface area contributed by atoms with Crippen molar-refractivity contribution >= 4 is 23.4 Å². The van der Waals surface area contributed by atoms with E-state index in [4.69, 9.17) is 0 Å². The van der Waals surface area contributed by atoms with Gasteiger partial charge in [-0.25, -0.2) is 0 Å². The van der Waals surface area contributed by atoms with E-state index in [-0.39, 0.29) is 35.6 Å². The first-order chi connectivity index (χ1) is 16.5. The lowest BCUT2D eigenvalue weighted by Gasteiger charge is -2.32. The number of carbonyl (C=O) groups is 3. The number of carbonyl (C=O) groups excluding carboxylic acids is 3. The smallest absolute Gasteiger partial charge is 0.250 e. The monoisotopic (exact) mass is 459 g/mol. The zero-order chi connectivity index (χ0) is 23.4. The van der Waals surface area contributed by atoms with Crippen LogP contribution >= 0.6 is 0 Å². The van der Waals surface area contributed by atoms with Crippen LogP contribution in [0.4, 0.5) is 5.69 Å². The number of nitrogens with one attached hydrogen (secondary N) is 2. The van der Waals surface area contributed by atoms with Crippen molar-refractivity contribution in [2.75, 3.05) is 5.32 Å². The lowest BCUT2D eigenvalue weighted by molar-refractivity contribution is -0.145. The van der Waals surface area contributed by atoms with Gasteiger partial charge in [0.25, 0.3) is 0 Å². The largest absolute Gasteiger partial charge is 0.508 e. The van der Waals surface area contributed by atoms with Gasteiger partial charge in [0.05, 0.1) is 11.8 Å². The summed E-state index contributed by atoms with van der Waals surface area (Å²) in [5.74, 6) is -1.83. The Morgan fingerprint density at radius 3 is 2.35 bits per heavy atom. The summed E-state index contributed by atoms with van der Waals surface area (Å²) in [7, 11) is 0. The molecule has 1 spiro atoms. The average Bonchev–Trinajstić information content (AvgIpc) is 3.29. The van der Waals surface area contributed by atoms with Crippen LogP contribution in [0.1, 0.15) is 49.7 Å². The van der Waals surface area contributed by atoms with Gasteiger partial charge in [0.1, 0.15) is 11.3 Å². The Morgan fingerprint density at radius 2 is 1.62 bits per heavy atom. The van der Waals surface area contributed by atoms with E-state index in [1.807, 2.05) is 36.4 Å². The first-order valence-electron chi connectivity index (χ1n) is 12.3. The van der Waals surface area contributed by atoms with Crippen LogP contribution in [-0.2, 0) is 26.3 Å². The molecule has 2 aromatic carbocycles. The summed E-state index contributed by atoms with van der Waals surface area (Å²) in [5, 5.41) is 16.1. The number of nitrogens with zero attached hydrogens (tertiary/aromatic N) is 1. The molecule has 6 rings (SSSR count). The normalized spacial score (nSPS) is 31.0. The summed E-state index contributed by atoms with van der Waals surface area (Å²) >= 11 is 0. The Balaban J connectivity index is 1.44. The first-order valence-corrected chi connectivity index (χ1v) is 12.3. The molecule has 0 unspecified atom stereocenters. The van der Waals surface area contributed by atoms with Gasteiger partial charge in [-0.2, -0.15) is 0 Å². The van der Waals surface area contributed by atoms with Crippen LogP contribution in [0.3, 0.4) is 0 Å². The summed E-state index contributed by atoms with van der Waals surface area (Å²) in [6.45, 7) is 0. The number of imide groups is 1. The summed E-state index contributed by atoms with van der Waals surface area (Å²) in [6.07, 6.45) is 6.44. The van der Waals surface area contributed by atoms with E-state index >= 15 is 0 Å². The molecule has 3 aliphatic heterocycles. The maximum Gasteiger partial charge on any atom is 0.250 e. The molecule has 3 N–H and O–H groups in total. The number of para-hydroxylation sites is 1. The van der Waals surface area contributed by atoms with Gasteiger partial charge < -0.3 is 10.4 Å². The van der Waals surface area contributed by atoms with Crippen molar-refractivity contribution in [3.8, 4) is 5.75 Å². The fourth-order valence-electron chi connectivity index (χ4n) is 6.72. The number of aromatic hydroxyl groups is 1. The minimum Gasteiger partial charge on any atom is -0.508 e. The third kappa shape index (κ3) is 3.03. The lowest BCUT2D eigenvalue weighted by Crippen LogP contribution is -2.54. The van der Waals surface area contributed by atoms with Crippen molar-refractivity contribution in [1.82, 2.24) is 10.2 Å². The van der Waals surface area contributed by atoms with Gasteiger partial charge in [-0.3, -0.25) is 24.6 Å². The van der Waals surface area contributed by atoms with E-state index < -0.39 is 17.4 Å². The second-order valence-electron chi connectivity index (χ2n) is 10.1. The number of amides is 3. The minimum absolute atomic E-state index is 0.0841. The molecular formula is C27H29N3O4. The molecule has 0 aromatic heterocycles. The highest BCUT2D eigenvalue weighted by Gasteiger charge is 2.70. The number of hydrogen-bond acceptors (Lipinski definition) is 5. The molecule has 34 heavy (non-hydrogen) atoms. The molecule has 3 heterocycles. The van der Waals surface area contributed by atoms with Crippen molar-refractivity contribution in [3.63, 3.8) is 0 Å². The van der Waals surface area contributed by atoms with Crippen LogP contribution in [0.15, 0.2) is 48.5 Å². The van der Waals surface area contributed by atoms with Gasteiger partial charge in [-0.1, -0.05) is 56.0 Å². The molecule has 1 saturated carbocycles. The molecule has 4 atom stereocenters. The molecule has 0 bridgehead atoms. The quantitative estimate of drug-likeness (QED) is 0.484. The molecule has 3 amide bonds.